The van der Waals surface area contributed by atoms with Crippen molar-refractivity contribution in [2.75, 3.05) is 0 Å². The van der Waals surface area contributed by atoms with Crippen molar-refractivity contribution in [3.05, 3.63) is 0 Å². The van der Waals surface area contributed by atoms with Crippen LogP contribution >= 0.6 is 11.6 Å². The van der Waals surface area contributed by atoms with Gasteiger partial charge in [0.1, 0.15) is 0 Å². The Balaban J connectivity index is 0. The number of hydrogen-bond acceptors (Lipinski definition) is 1. The summed E-state index contributed by atoms with van der Waals surface area (Å²) < 4.78 is 0. The van der Waals surface area contributed by atoms with Crippen LogP contribution in [0.4, 0.5) is 4.79 Å². The molecule has 1 radical (unpaired) electrons. The number of carbonyl (C=O) groups is 1. The summed E-state index contributed by atoms with van der Waals surface area (Å²) in [6.45, 7) is 0. The Labute approximate surface area is 49.6 Å². The molecule has 0 rings (SSSR count). The summed E-state index contributed by atoms with van der Waals surface area (Å²) in [6.07, 6.45) is 0. The van der Waals surface area contributed by atoms with E-state index in [0.29, 0.717) is 0 Å². The van der Waals surface area contributed by atoms with Crippen LogP contribution in [0.2, 0.25) is 0 Å². The van der Waals surface area contributed by atoms with Gasteiger partial charge in [-0.3, -0.25) is 0 Å². The van der Waals surface area contributed by atoms with Crippen LogP contribution in [-0.4, -0.2) is 10.5 Å². The van der Waals surface area contributed by atoms with Crippen LogP contribution in [0, 0.1) is 0 Å². The van der Waals surface area contributed by atoms with Gasteiger partial charge in [-0.05, 0) is 0 Å². The summed E-state index contributed by atoms with van der Waals surface area (Å²) >= 11 is 4.19. The van der Waals surface area contributed by atoms with Crippen molar-refractivity contribution in [2.24, 2.45) is 0 Å². The molecule has 0 heterocycles. The largest absolute Gasteiger partial charge is 0.469 e. The van der Waals surface area contributed by atoms with E-state index in [1.54, 1.807) is 0 Å². The Morgan fingerprint density at radius 1 is 1.80 bits per heavy atom. The third kappa shape index (κ3) is 112. The van der Waals surface area contributed by atoms with Gasteiger partial charge < -0.3 is 5.11 Å². The average Bonchev–Trinajstić information content (AvgIpc) is 0.811. The molecule has 0 aromatic rings. The third-order valence-electron chi connectivity index (χ3n) is 0. The van der Waals surface area contributed by atoms with Crippen molar-refractivity contribution >= 4 is 17.0 Å². The van der Waals surface area contributed by atoms with Crippen molar-refractivity contribution in [2.45, 2.75) is 0 Å². The molecule has 0 aliphatic carbocycles. The van der Waals surface area contributed by atoms with Gasteiger partial charge in [-0.25, -0.2) is 4.79 Å². The maximum atomic E-state index is 8.77. The van der Waals surface area contributed by atoms with Crippen molar-refractivity contribution in [3.63, 3.8) is 0 Å². The molecule has 5 heavy (non-hydrogen) atoms. The Kier molecular flexibility index (Phi) is 8.18. The van der Waals surface area contributed by atoms with E-state index >= 15 is 0 Å². The first-order valence-electron chi connectivity index (χ1n) is 0.617. The third-order valence-corrected chi connectivity index (χ3v) is 0. The Hall–Kier alpha value is 0.500. The zero-order valence-electron chi connectivity index (χ0n) is 2.03. The molecule has 0 saturated heterocycles. The van der Waals surface area contributed by atoms with Crippen LogP contribution < -0.4 is 0 Å². The molecule has 0 amide bonds. The minimum Gasteiger partial charge on any atom is -0.469 e. The van der Waals surface area contributed by atoms with Gasteiger partial charge in [0, 0.05) is 34.0 Å². The molecular formula is CHAgClO2. The van der Waals surface area contributed by atoms with E-state index in [0.717, 1.165) is 0 Å². The second kappa shape index (κ2) is 4.50. The van der Waals surface area contributed by atoms with E-state index in [2.05, 4.69) is 11.6 Å². The minimum atomic E-state index is -1.36. The molecule has 1 N–H and O–H groups in total. The molecule has 0 aromatic carbocycles. The molecule has 0 fully saturated rings. The molecule has 2 nitrogen and oxygen atoms in total. The molecule has 35 valence electrons. The summed E-state index contributed by atoms with van der Waals surface area (Å²) in [4.78, 5) is 8.77. The summed E-state index contributed by atoms with van der Waals surface area (Å²) in [5, 5.41) is 7.18. The van der Waals surface area contributed by atoms with Crippen LogP contribution in [0.5, 0.6) is 0 Å². The molecule has 0 saturated carbocycles. The van der Waals surface area contributed by atoms with E-state index in [-0.39, 0.29) is 22.4 Å². The standard InChI is InChI=1S/CHClO2.Ag/c2-1(3)4;/h(H,3,4);. The zero-order chi connectivity index (χ0) is 3.58. The molecule has 0 bridgehead atoms. The molecule has 4 heteroatoms. The van der Waals surface area contributed by atoms with Gasteiger partial charge in [-0.1, -0.05) is 0 Å². The summed E-state index contributed by atoms with van der Waals surface area (Å²) in [5.74, 6) is 0. The first kappa shape index (κ1) is 9.09. The number of rotatable bonds is 0. The first-order valence-corrected chi connectivity index (χ1v) is 0.995. The fourth-order valence-corrected chi connectivity index (χ4v) is 0. The van der Waals surface area contributed by atoms with Gasteiger partial charge in [0.15, 0.2) is 0 Å². The van der Waals surface area contributed by atoms with Crippen LogP contribution in [0.3, 0.4) is 0 Å². The van der Waals surface area contributed by atoms with Gasteiger partial charge in [0.25, 0.3) is 0 Å². The SMILES string of the molecule is O=C(O)Cl.[Ag]. The van der Waals surface area contributed by atoms with E-state index in [1.807, 2.05) is 0 Å². The Bertz CT molecular complexity index is 32.6. The fraction of sp³-hybridized carbons (Fsp3) is 0. The normalized spacial score (nSPS) is 5.00. The van der Waals surface area contributed by atoms with Crippen LogP contribution in [0.25, 0.3) is 0 Å². The predicted molar refractivity (Wildman–Crippen MR) is 13.9 cm³/mol. The molecule has 0 spiro atoms. The van der Waals surface area contributed by atoms with E-state index in [4.69, 9.17) is 9.90 Å². The average molecular weight is 188 g/mol. The fourth-order valence-electron chi connectivity index (χ4n) is 0. The predicted octanol–water partition coefficient (Wildman–Crippen LogP) is 0.901. The second-order valence-electron chi connectivity index (χ2n) is 0.253. The summed E-state index contributed by atoms with van der Waals surface area (Å²) in [5.41, 5.74) is -1.36. The van der Waals surface area contributed by atoms with Gasteiger partial charge in [0.2, 0.25) is 0 Å². The second-order valence-corrected chi connectivity index (χ2v) is 0.576. The number of halogens is 1. The van der Waals surface area contributed by atoms with Gasteiger partial charge in [-0.15, -0.1) is 0 Å². The van der Waals surface area contributed by atoms with Gasteiger partial charge in [-0.2, -0.15) is 0 Å². The quantitative estimate of drug-likeness (QED) is 0.453. The topological polar surface area (TPSA) is 37.3 Å². The Morgan fingerprint density at radius 3 is 1.80 bits per heavy atom. The monoisotopic (exact) mass is 187 g/mol. The van der Waals surface area contributed by atoms with Crippen LogP contribution in [0.15, 0.2) is 0 Å². The smallest absolute Gasteiger partial charge is 0.401 e. The van der Waals surface area contributed by atoms with E-state index in [9.17, 15) is 0 Å². The Morgan fingerprint density at radius 2 is 1.80 bits per heavy atom. The molecule has 0 aliphatic rings. The minimum absolute atomic E-state index is 0. The molecule has 0 aliphatic heterocycles. The van der Waals surface area contributed by atoms with Crippen molar-refractivity contribution in [1.82, 2.24) is 0 Å². The first-order chi connectivity index (χ1) is 1.73. The van der Waals surface area contributed by atoms with Gasteiger partial charge >= 0.3 is 5.43 Å². The molecular weight excluding hydrogens is 187 g/mol. The van der Waals surface area contributed by atoms with Crippen molar-refractivity contribution < 1.29 is 32.3 Å². The molecule has 0 aromatic heterocycles. The maximum absolute atomic E-state index is 8.77. The zero-order valence-corrected chi connectivity index (χ0v) is 4.27. The molecule has 0 unspecified atom stereocenters. The summed E-state index contributed by atoms with van der Waals surface area (Å²) in [6, 6.07) is 0. The maximum Gasteiger partial charge on any atom is 0.401 e. The van der Waals surface area contributed by atoms with Crippen LogP contribution in [0.1, 0.15) is 0 Å². The van der Waals surface area contributed by atoms with E-state index in [1.165, 1.54) is 0 Å². The molecule has 0 atom stereocenters. The van der Waals surface area contributed by atoms with E-state index < -0.39 is 5.43 Å². The van der Waals surface area contributed by atoms with Crippen molar-refractivity contribution in [1.29, 1.82) is 0 Å². The van der Waals surface area contributed by atoms with Gasteiger partial charge in [0.05, 0.1) is 0 Å². The van der Waals surface area contributed by atoms with Crippen LogP contribution in [-0.2, 0) is 22.4 Å². The number of hydrogen-bond donors (Lipinski definition) is 1. The van der Waals surface area contributed by atoms with Crippen molar-refractivity contribution in [3.8, 4) is 0 Å². The number of carboxylic acid groups (broad SMARTS) is 1. The summed E-state index contributed by atoms with van der Waals surface area (Å²) in [7, 11) is 0.